The SMILES string of the molecule is CC(=O)Nc1ccc(NC(=O)C(C)OC(=O)c2ccc3nc(-c4ccco4)c(-c4ccco4)nc3c2)cc1. The molecule has 190 valence electrons. The van der Waals surface area contributed by atoms with Crippen molar-refractivity contribution in [3.05, 3.63) is 84.8 Å². The van der Waals surface area contributed by atoms with Gasteiger partial charge < -0.3 is 24.2 Å². The van der Waals surface area contributed by atoms with E-state index in [0.717, 1.165) is 0 Å². The minimum Gasteiger partial charge on any atom is -0.463 e. The summed E-state index contributed by atoms with van der Waals surface area (Å²) in [5.41, 5.74) is 3.24. The van der Waals surface area contributed by atoms with E-state index in [0.29, 0.717) is 45.3 Å². The van der Waals surface area contributed by atoms with Gasteiger partial charge in [-0.15, -0.1) is 0 Å². The van der Waals surface area contributed by atoms with Gasteiger partial charge in [-0.3, -0.25) is 9.59 Å². The Hall–Kier alpha value is -5.25. The Labute approximate surface area is 216 Å². The molecule has 0 aliphatic heterocycles. The number of hydrogen-bond donors (Lipinski definition) is 2. The van der Waals surface area contributed by atoms with Gasteiger partial charge in [0.15, 0.2) is 17.6 Å². The van der Waals surface area contributed by atoms with Gasteiger partial charge in [0.25, 0.3) is 5.91 Å². The summed E-state index contributed by atoms with van der Waals surface area (Å²) < 4.78 is 16.5. The van der Waals surface area contributed by atoms with Crippen LogP contribution in [0.1, 0.15) is 24.2 Å². The second-order valence-corrected chi connectivity index (χ2v) is 8.37. The molecule has 10 nitrogen and oxygen atoms in total. The van der Waals surface area contributed by atoms with Crippen LogP contribution in [-0.2, 0) is 14.3 Å². The topological polar surface area (TPSA) is 137 Å². The first-order valence-electron chi connectivity index (χ1n) is 11.7. The molecule has 0 saturated carbocycles. The molecule has 2 N–H and O–H groups in total. The second kappa shape index (κ2) is 10.4. The average molecular weight is 511 g/mol. The lowest BCUT2D eigenvalue weighted by molar-refractivity contribution is -0.123. The summed E-state index contributed by atoms with van der Waals surface area (Å²) in [5, 5.41) is 5.33. The van der Waals surface area contributed by atoms with Gasteiger partial charge in [0.2, 0.25) is 5.91 Å². The van der Waals surface area contributed by atoms with Gasteiger partial charge in [0, 0.05) is 18.3 Å². The fourth-order valence-electron chi connectivity index (χ4n) is 3.72. The summed E-state index contributed by atoms with van der Waals surface area (Å²) >= 11 is 0. The van der Waals surface area contributed by atoms with Crippen LogP contribution in [0, 0.1) is 0 Å². The zero-order chi connectivity index (χ0) is 26.6. The first kappa shape index (κ1) is 24.4. The molecule has 1 atom stereocenters. The Kier molecular flexibility index (Phi) is 6.68. The standard InChI is InChI=1S/C28H22N4O6/c1-16(27(34)30-20-10-8-19(9-11-20)29-17(2)33)38-28(35)18-7-12-21-22(15-18)32-26(24-6-4-14-37-24)25(31-21)23-5-3-13-36-23/h3-16H,1-2H3,(H,29,33)(H,30,34). The van der Waals surface area contributed by atoms with Gasteiger partial charge in [0.05, 0.1) is 29.1 Å². The number of aromatic nitrogens is 2. The number of benzene rings is 2. The van der Waals surface area contributed by atoms with E-state index in [2.05, 4.69) is 20.6 Å². The largest absolute Gasteiger partial charge is 0.463 e. The van der Waals surface area contributed by atoms with Crippen LogP contribution in [0.3, 0.4) is 0 Å². The number of esters is 1. The molecular formula is C28H22N4O6. The van der Waals surface area contributed by atoms with E-state index in [-0.39, 0.29) is 11.5 Å². The highest BCUT2D eigenvalue weighted by Gasteiger charge is 2.21. The minimum absolute atomic E-state index is 0.197. The number of carbonyl (C=O) groups is 3. The Balaban J connectivity index is 1.33. The zero-order valence-electron chi connectivity index (χ0n) is 20.4. The quantitative estimate of drug-likeness (QED) is 0.282. The molecule has 38 heavy (non-hydrogen) atoms. The third kappa shape index (κ3) is 5.29. The van der Waals surface area contributed by atoms with Gasteiger partial charge in [-0.1, -0.05) is 0 Å². The van der Waals surface area contributed by atoms with Crippen molar-refractivity contribution in [2.24, 2.45) is 0 Å². The molecule has 5 rings (SSSR count). The van der Waals surface area contributed by atoms with E-state index in [4.69, 9.17) is 13.6 Å². The number of carbonyl (C=O) groups excluding carboxylic acids is 3. The van der Waals surface area contributed by atoms with Crippen molar-refractivity contribution in [2.75, 3.05) is 10.6 Å². The Bertz CT molecular complexity index is 1610. The van der Waals surface area contributed by atoms with Crippen molar-refractivity contribution >= 4 is 40.2 Å². The van der Waals surface area contributed by atoms with E-state index in [1.165, 1.54) is 20.1 Å². The monoisotopic (exact) mass is 510 g/mol. The number of ether oxygens (including phenoxy) is 1. The summed E-state index contributed by atoms with van der Waals surface area (Å²) in [5.74, 6) is -0.369. The maximum Gasteiger partial charge on any atom is 0.338 e. The number of furan rings is 2. The summed E-state index contributed by atoms with van der Waals surface area (Å²) in [6, 6.07) is 18.4. The molecule has 3 heterocycles. The predicted octanol–water partition coefficient (Wildman–Crippen LogP) is 5.29. The molecule has 0 aliphatic rings. The number of nitrogens with zero attached hydrogens (tertiary/aromatic N) is 2. The Morgan fingerprint density at radius 2 is 1.37 bits per heavy atom. The third-order valence-electron chi connectivity index (χ3n) is 5.53. The maximum atomic E-state index is 12.8. The van der Waals surface area contributed by atoms with Gasteiger partial charge in [0.1, 0.15) is 11.4 Å². The molecule has 5 aromatic rings. The summed E-state index contributed by atoms with van der Waals surface area (Å²) in [6.07, 6.45) is 2.01. The van der Waals surface area contributed by atoms with Crippen molar-refractivity contribution in [3.63, 3.8) is 0 Å². The normalized spacial score (nSPS) is 11.6. The summed E-state index contributed by atoms with van der Waals surface area (Å²) in [6.45, 7) is 2.88. The van der Waals surface area contributed by atoms with E-state index < -0.39 is 18.0 Å². The van der Waals surface area contributed by atoms with Crippen LogP contribution in [0.25, 0.3) is 33.9 Å². The highest BCUT2D eigenvalue weighted by molar-refractivity contribution is 5.99. The first-order valence-corrected chi connectivity index (χ1v) is 11.7. The first-order chi connectivity index (χ1) is 18.4. The molecule has 10 heteroatoms. The predicted molar refractivity (Wildman–Crippen MR) is 139 cm³/mol. The van der Waals surface area contributed by atoms with Gasteiger partial charge in [-0.25, -0.2) is 14.8 Å². The molecule has 0 spiro atoms. The van der Waals surface area contributed by atoms with Crippen molar-refractivity contribution in [1.29, 1.82) is 0 Å². The van der Waals surface area contributed by atoms with Crippen LogP contribution in [-0.4, -0.2) is 33.9 Å². The molecular weight excluding hydrogens is 488 g/mol. The van der Waals surface area contributed by atoms with Crippen molar-refractivity contribution in [3.8, 4) is 22.9 Å². The van der Waals surface area contributed by atoms with E-state index >= 15 is 0 Å². The van der Waals surface area contributed by atoms with Crippen LogP contribution >= 0.6 is 0 Å². The number of hydrogen-bond acceptors (Lipinski definition) is 8. The Morgan fingerprint density at radius 3 is 1.92 bits per heavy atom. The molecule has 3 aromatic heterocycles. The number of fused-ring (bicyclic) bond motifs is 1. The Morgan fingerprint density at radius 1 is 0.789 bits per heavy atom. The van der Waals surface area contributed by atoms with E-state index in [1.807, 2.05) is 0 Å². The van der Waals surface area contributed by atoms with Crippen molar-refractivity contribution in [1.82, 2.24) is 9.97 Å². The van der Waals surface area contributed by atoms with Crippen LogP contribution < -0.4 is 10.6 Å². The average Bonchev–Trinajstić information content (AvgIpc) is 3.63. The van der Waals surface area contributed by atoms with Crippen molar-refractivity contribution in [2.45, 2.75) is 20.0 Å². The van der Waals surface area contributed by atoms with Crippen LogP contribution in [0.2, 0.25) is 0 Å². The minimum atomic E-state index is -1.07. The highest BCUT2D eigenvalue weighted by Crippen LogP contribution is 2.31. The fraction of sp³-hybridized carbons (Fsp3) is 0.107. The molecule has 0 radical (unpaired) electrons. The lowest BCUT2D eigenvalue weighted by atomic mass is 10.1. The molecule has 1 unspecified atom stereocenters. The number of nitrogens with one attached hydrogen (secondary N) is 2. The third-order valence-corrected chi connectivity index (χ3v) is 5.53. The number of rotatable bonds is 7. The number of anilines is 2. The molecule has 0 saturated heterocycles. The van der Waals surface area contributed by atoms with Gasteiger partial charge >= 0.3 is 5.97 Å². The molecule has 2 amide bonds. The van der Waals surface area contributed by atoms with Crippen LogP contribution in [0.15, 0.2) is 88.1 Å². The highest BCUT2D eigenvalue weighted by atomic mass is 16.5. The molecule has 0 fully saturated rings. The fourth-order valence-corrected chi connectivity index (χ4v) is 3.72. The summed E-state index contributed by atoms with van der Waals surface area (Å²) in [7, 11) is 0. The van der Waals surface area contributed by atoms with Gasteiger partial charge in [-0.05, 0) is 73.7 Å². The number of amides is 2. The maximum absolute atomic E-state index is 12.8. The van der Waals surface area contributed by atoms with Crippen LogP contribution in [0.5, 0.6) is 0 Å². The smallest absolute Gasteiger partial charge is 0.338 e. The van der Waals surface area contributed by atoms with E-state index in [9.17, 15) is 14.4 Å². The molecule has 0 aliphatic carbocycles. The van der Waals surface area contributed by atoms with Crippen molar-refractivity contribution < 1.29 is 28.0 Å². The molecule has 0 bridgehead atoms. The zero-order valence-corrected chi connectivity index (χ0v) is 20.4. The van der Waals surface area contributed by atoms with Crippen LogP contribution in [0.4, 0.5) is 11.4 Å². The lowest BCUT2D eigenvalue weighted by Gasteiger charge is -2.14. The second-order valence-electron chi connectivity index (χ2n) is 8.37. The lowest BCUT2D eigenvalue weighted by Crippen LogP contribution is -2.30. The summed E-state index contributed by atoms with van der Waals surface area (Å²) in [4.78, 5) is 45.9. The van der Waals surface area contributed by atoms with Gasteiger partial charge in [-0.2, -0.15) is 0 Å². The molecule has 2 aromatic carbocycles. The van der Waals surface area contributed by atoms with E-state index in [1.54, 1.807) is 73.0 Å².